The molecule has 4 aliphatic heterocycles. The van der Waals surface area contributed by atoms with E-state index >= 15 is 0 Å². The van der Waals surface area contributed by atoms with Gasteiger partial charge in [-0.25, -0.2) is 13.6 Å². The van der Waals surface area contributed by atoms with Crippen LogP contribution in [0.3, 0.4) is 0 Å². The van der Waals surface area contributed by atoms with Crippen molar-refractivity contribution in [2.75, 3.05) is 52.4 Å². The van der Waals surface area contributed by atoms with Gasteiger partial charge in [-0.05, 0) is 161 Å². The third-order valence-electron chi connectivity index (χ3n) is 13.2. The predicted molar refractivity (Wildman–Crippen MR) is 236 cm³/mol. The first-order valence-corrected chi connectivity index (χ1v) is 23.3. The molecule has 340 valence electrons. The molecule has 2 aromatic carbocycles. The van der Waals surface area contributed by atoms with Crippen molar-refractivity contribution in [1.82, 2.24) is 20.0 Å². The molecule has 3 amide bonds. The maximum Gasteiger partial charge on any atom is 0.410 e. The number of hydrogen-bond donors (Lipinski definition) is 1. The fourth-order valence-electron chi connectivity index (χ4n) is 9.77. The molecule has 12 heteroatoms. The number of carbonyl (C=O) groups is 3. The van der Waals surface area contributed by atoms with Gasteiger partial charge >= 0.3 is 6.09 Å². The summed E-state index contributed by atoms with van der Waals surface area (Å²) in [4.78, 5) is 42.5. The van der Waals surface area contributed by atoms with Crippen LogP contribution in [0.2, 0.25) is 0 Å². The summed E-state index contributed by atoms with van der Waals surface area (Å²) in [7, 11) is 0. The molecule has 0 aromatic heterocycles. The highest BCUT2D eigenvalue weighted by Gasteiger charge is 2.45. The standard InChI is InChI=1S/C27H41FN2O4.C22H33FN2O2/c1-6-29(7-2)24(31)11-9-8-10-20-19-27(33-23-13-12-21(28)18-22(20)23)14-16-30(17-15-27)25(32)34-26(3,4)5;1-3-25(4-2)21(26)8-6-5-7-17-16-22(11-13-24-14-12-22)27-20-10-9-18(23)15-19(17)20/h12-13,18,20H,6-11,14-17,19H2,1-5H3;9-10,15,17,24H,3-8,11-14,16H2,1-2H3. The summed E-state index contributed by atoms with van der Waals surface area (Å²) in [5.41, 5.74) is 0.946. The lowest BCUT2D eigenvalue weighted by Crippen LogP contribution is -2.52. The Bertz CT molecular complexity index is 1740. The van der Waals surface area contributed by atoms with E-state index in [0.717, 1.165) is 139 Å². The summed E-state index contributed by atoms with van der Waals surface area (Å²) in [6, 6.07) is 9.73. The van der Waals surface area contributed by atoms with E-state index < -0.39 is 5.60 Å². The molecule has 2 unspecified atom stereocenters. The molecule has 0 saturated carbocycles. The first-order chi connectivity index (χ1) is 29.1. The highest BCUT2D eigenvalue weighted by Crippen LogP contribution is 2.48. The second kappa shape index (κ2) is 21.9. The Hall–Kier alpha value is -3.93. The number of carbonyl (C=O) groups excluding carboxylic acids is 3. The van der Waals surface area contributed by atoms with Gasteiger partial charge in [-0.15, -0.1) is 0 Å². The van der Waals surface area contributed by atoms with Gasteiger partial charge in [0.1, 0.15) is 39.9 Å². The summed E-state index contributed by atoms with van der Waals surface area (Å²) in [6.07, 6.45) is 11.6. The normalized spacial score (nSPS) is 20.0. The third kappa shape index (κ3) is 13.3. The van der Waals surface area contributed by atoms with E-state index in [1.807, 2.05) is 58.3 Å². The van der Waals surface area contributed by atoms with Crippen LogP contribution in [-0.2, 0) is 14.3 Å². The molecule has 0 bridgehead atoms. The fourth-order valence-corrected chi connectivity index (χ4v) is 9.77. The average molecular weight is 853 g/mol. The highest BCUT2D eigenvalue weighted by atomic mass is 19.1. The van der Waals surface area contributed by atoms with Gasteiger partial charge in [0.05, 0.1) is 0 Å². The molecule has 61 heavy (non-hydrogen) atoms. The van der Waals surface area contributed by atoms with E-state index in [0.29, 0.717) is 31.8 Å². The Balaban J connectivity index is 0.000000237. The molecule has 0 radical (unpaired) electrons. The van der Waals surface area contributed by atoms with E-state index in [2.05, 4.69) is 5.32 Å². The van der Waals surface area contributed by atoms with Crippen molar-refractivity contribution in [3.8, 4) is 11.5 Å². The zero-order valence-electron chi connectivity index (χ0n) is 38.2. The van der Waals surface area contributed by atoms with Gasteiger partial charge in [0.15, 0.2) is 0 Å². The number of rotatable bonds is 14. The molecule has 10 nitrogen and oxygen atoms in total. The largest absolute Gasteiger partial charge is 0.487 e. The van der Waals surface area contributed by atoms with Crippen LogP contribution in [0, 0.1) is 11.6 Å². The lowest BCUT2D eigenvalue weighted by Gasteiger charge is -2.47. The zero-order chi connectivity index (χ0) is 44.2. The monoisotopic (exact) mass is 853 g/mol. The van der Waals surface area contributed by atoms with Crippen LogP contribution in [0.1, 0.15) is 161 Å². The topological polar surface area (TPSA) is 101 Å². The SMILES string of the molecule is CCN(CC)C(=O)CCCCC1CC2(CCN(C(=O)OC(C)(C)C)CC2)Oc2ccc(F)cc21.CCN(CC)C(=O)CCCCC1CC2(CCNCC2)Oc2ccc(F)cc21. The second-order valence-corrected chi connectivity index (χ2v) is 18.6. The van der Waals surface area contributed by atoms with E-state index in [1.54, 1.807) is 29.2 Å². The summed E-state index contributed by atoms with van der Waals surface area (Å²) in [6.45, 7) is 19.8. The van der Waals surface area contributed by atoms with Crippen LogP contribution in [0.25, 0.3) is 0 Å². The molecular weight excluding hydrogens is 779 g/mol. The molecule has 2 aromatic rings. The van der Waals surface area contributed by atoms with Crippen molar-refractivity contribution in [1.29, 1.82) is 0 Å². The number of nitrogens with one attached hydrogen (secondary N) is 1. The Labute approximate surface area is 364 Å². The Kier molecular flexibility index (Phi) is 17.3. The van der Waals surface area contributed by atoms with Crippen molar-refractivity contribution < 1.29 is 37.4 Å². The number of fused-ring (bicyclic) bond motifs is 2. The molecule has 2 saturated heterocycles. The number of ether oxygens (including phenoxy) is 3. The molecule has 0 aliphatic carbocycles. The number of piperidine rings is 2. The molecule has 2 atom stereocenters. The average Bonchev–Trinajstić information content (AvgIpc) is 3.22. The quantitative estimate of drug-likeness (QED) is 0.189. The number of halogens is 2. The lowest BCUT2D eigenvalue weighted by molar-refractivity contribution is -0.131. The van der Waals surface area contributed by atoms with E-state index in [9.17, 15) is 23.2 Å². The maximum absolute atomic E-state index is 14.1. The molecular formula is C49H74F2N4O6. The minimum Gasteiger partial charge on any atom is -0.487 e. The predicted octanol–water partition coefficient (Wildman–Crippen LogP) is 10.1. The Morgan fingerprint density at radius 3 is 1.54 bits per heavy atom. The molecule has 4 heterocycles. The van der Waals surface area contributed by atoms with Gasteiger partial charge in [0.2, 0.25) is 11.8 Å². The van der Waals surface area contributed by atoms with Crippen molar-refractivity contribution in [3.05, 3.63) is 59.2 Å². The third-order valence-corrected chi connectivity index (χ3v) is 13.2. The minimum atomic E-state index is -0.520. The van der Waals surface area contributed by atoms with Gasteiger partial charge in [0.25, 0.3) is 0 Å². The van der Waals surface area contributed by atoms with Gasteiger partial charge in [0, 0.05) is 76.1 Å². The molecule has 2 spiro atoms. The minimum absolute atomic E-state index is 0.113. The van der Waals surface area contributed by atoms with E-state index in [-0.39, 0.29) is 46.7 Å². The summed E-state index contributed by atoms with van der Waals surface area (Å²) >= 11 is 0. The van der Waals surface area contributed by atoms with Gasteiger partial charge in [-0.3, -0.25) is 9.59 Å². The number of amides is 3. The summed E-state index contributed by atoms with van der Waals surface area (Å²) < 4.78 is 46.3. The number of unbranched alkanes of at least 4 members (excludes halogenated alkanes) is 2. The Morgan fingerprint density at radius 1 is 0.705 bits per heavy atom. The number of likely N-dealkylation sites (tertiary alicyclic amines) is 1. The van der Waals surface area contributed by atoms with Crippen molar-refractivity contribution in [3.63, 3.8) is 0 Å². The second-order valence-electron chi connectivity index (χ2n) is 18.6. The zero-order valence-corrected chi connectivity index (χ0v) is 38.2. The number of hydrogen-bond acceptors (Lipinski definition) is 7. The van der Waals surface area contributed by atoms with Gasteiger partial charge in [-0.2, -0.15) is 0 Å². The number of benzene rings is 2. The summed E-state index contributed by atoms with van der Waals surface area (Å²) in [5, 5.41) is 3.41. The van der Waals surface area contributed by atoms with Crippen molar-refractivity contribution in [2.24, 2.45) is 0 Å². The smallest absolute Gasteiger partial charge is 0.410 e. The van der Waals surface area contributed by atoms with Gasteiger partial charge < -0.3 is 34.2 Å². The van der Waals surface area contributed by atoms with Gasteiger partial charge in [-0.1, -0.05) is 12.8 Å². The molecule has 1 N–H and O–H groups in total. The van der Waals surface area contributed by atoms with E-state index in [1.165, 1.54) is 12.1 Å². The molecule has 2 fully saturated rings. The van der Waals surface area contributed by atoms with Crippen molar-refractivity contribution >= 4 is 17.9 Å². The molecule has 6 rings (SSSR count). The highest BCUT2D eigenvalue weighted by molar-refractivity contribution is 5.76. The maximum atomic E-state index is 14.1. The van der Waals surface area contributed by atoms with Crippen LogP contribution >= 0.6 is 0 Å². The van der Waals surface area contributed by atoms with Crippen LogP contribution in [0.15, 0.2) is 36.4 Å². The van der Waals surface area contributed by atoms with Crippen LogP contribution in [0.5, 0.6) is 11.5 Å². The van der Waals surface area contributed by atoms with E-state index in [4.69, 9.17) is 14.2 Å². The lowest BCUT2D eigenvalue weighted by atomic mass is 9.75. The first kappa shape index (κ1) is 48.1. The van der Waals surface area contributed by atoms with Crippen LogP contribution in [0.4, 0.5) is 13.6 Å². The van der Waals surface area contributed by atoms with Crippen LogP contribution < -0.4 is 14.8 Å². The Morgan fingerprint density at radius 2 is 1.13 bits per heavy atom. The fraction of sp³-hybridized carbons (Fsp3) is 0.694. The first-order valence-electron chi connectivity index (χ1n) is 23.3. The van der Waals surface area contributed by atoms with Crippen molar-refractivity contribution in [2.45, 2.75) is 167 Å². The molecule has 4 aliphatic rings. The number of nitrogens with zero attached hydrogens (tertiary/aromatic N) is 3. The summed E-state index contributed by atoms with van der Waals surface area (Å²) in [5.74, 6) is 2.10. The van der Waals surface area contributed by atoms with Crippen LogP contribution in [-0.4, -0.2) is 102 Å².